The Balaban J connectivity index is 1.96. The highest BCUT2D eigenvalue weighted by Gasteiger charge is 2.35. The van der Waals surface area contributed by atoms with Gasteiger partial charge in [0.1, 0.15) is 6.04 Å². The molecule has 2 saturated heterocycles. The average molecular weight is 325 g/mol. The van der Waals surface area contributed by atoms with Gasteiger partial charge in [0.2, 0.25) is 5.91 Å². The van der Waals surface area contributed by atoms with Crippen LogP contribution in [0.1, 0.15) is 39.5 Å². The molecule has 0 aromatic heterocycles. The predicted octanol–water partition coefficient (Wildman–Crippen LogP) is 1.80. The fourth-order valence-electron chi connectivity index (χ4n) is 3.63. The maximum atomic E-state index is 12.9. The van der Waals surface area contributed by atoms with Crippen LogP contribution in [0, 0.1) is 5.92 Å². The molecular formula is C17H31N3O3. The molecule has 23 heavy (non-hydrogen) atoms. The first-order valence-electron chi connectivity index (χ1n) is 8.88. The zero-order valence-corrected chi connectivity index (χ0v) is 14.8. The smallest absolute Gasteiger partial charge is 0.410 e. The van der Waals surface area contributed by atoms with Crippen molar-refractivity contribution in [3.8, 4) is 0 Å². The van der Waals surface area contributed by atoms with E-state index in [0.717, 1.165) is 58.4 Å². The lowest BCUT2D eigenvalue weighted by molar-refractivity contribution is -0.137. The molecule has 0 bridgehead atoms. The largest absolute Gasteiger partial charge is 0.453 e. The zero-order valence-electron chi connectivity index (χ0n) is 14.8. The molecule has 1 atom stereocenters. The zero-order chi connectivity index (χ0) is 16.8. The molecule has 1 unspecified atom stereocenters. The van der Waals surface area contributed by atoms with E-state index in [0.29, 0.717) is 12.5 Å². The molecule has 0 aromatic rings. The quantitative estimate of drug-likeness (QED) is 0.794. The molecule has 0 saturated carbocycles. The Bertz CT molecular complexity index is 414. The van der Waals surface area contributed by atoms with Gasteiger partial charge in [-0.25, -0.2) is 4.79 Å². The molecule has 2 rings (SSSR count). The van der Waals surface area contributed by atoms with Gasteiger partial charge in [0.15, 0.2) is 0 Å². The molecule has 0 spiro atoms. The third-order valence-corrected chi connectivity index (χ3v) is 4.72. The molecular weight excluding hydrogens is 294 g/mol. The monoisotopic (exact) mass is 325 g/mol. The summed E-state index contributed by atoms with van der Waals surface area (Å²) >= 11 is 0. The van der Waals surface area contributed by atoms with Crippen molar-refractivity contribution in [2.24, 2.45) is 5.92 Å². The standard InChI is InChI=1S/C17H31N3O3/c1-14(2)13-18-8-6-9-19(12-11-18)16(21)15-7-4-5-10-20(15)17(22)23-3/h14-15H,4-13H2,1-3H3. The molecule has 2 heterocycles. The third-order valence-electron chi connectivity index (χ3n) is 4.72. The van der Waals surface area contributed by atoms with Gasteiger partial charge in [-0.05, 0) is 38.1 Å². The second-order valence-corrected chi connectivity index (χ2v) is 7.05. The highest BCUT2D eigenvalue weighted by atomic mass is 16.5. The van der Waals surface area contributed by atoms with Crippen LogP contribution in [-0.4, -0.2) is 79.1 Å². The number of methoxy groups -OCH3 is 1. The van der Waals surface area contributed by atoms with Gasteiger partial charge < -0.3 is 14.5 Å². The van der Waals surface area contributed by atoms with E-state index in [9.17, 15) is 9.59 Å². The van der Waals surface area contributed by atoms with Gasteiger partial charge in [0, 0.05) is 32.7 Å². The lowest BCUT2D eigenvalue weighted by atomic mass is 10.0. The predicted molar refractivity (Wildman–Crippen MR) is 89.2 cm³/mol. The van der Waals surface area contributed by atoms with Gasteiger partial charge in [0.05, 0.1) is 7.11 Å². The van der Waals surface area contributed by atoms with Gasteiger partial charge >= 0.3 is 6.09 Å². The summed E-state index contributed by atoms with van der Waals surface area (Å²) in [5.41, 5.74) is 0. The number of hydrogen-bond donors (Lipinski definition) is 0. The van der Waals surface area contributed by atoms with Crippen molar-refractivity contribution in [2.75, 3.05) is 46.4 Å². The number of carbonyl (C=O) groups excluding carboxylic acids is 2. The number of amides is 2. The fourth-order valence-corrected chi connectivity index (χ4v) is 3.63. The number of nitrogens with zero attached hydrogens (tertiary/aromatic N) is 3. The van der Waals surface area contributed by atoms with Crippen LogP contribution in [0.2, 0.25) is 0 Å². The van der Waals surface area contributed by atoms with Gasteiger partial charge in [-0.15, -0.1) is 0 Å². The van der Waals surface area contributed by atoms with Crippen molar-refractivity contribution in [3.05, 3.63) is 0 Å². The number of ether oxygens (including phenoxy) is 1. The van der Waals surface area contributed by atoms with Crippen LogP contribution < -0.4 is 0 Å². The summed E-state index contributed by atoms with van der Waals surface area (Å²) in [5.74, 6) is 0.743. The topological polar surface area (TPSA) is 53.1 Å². The van der Waals surface area contributed by atoms with E-state index in [2.05, 4.69) is 18.7 Å². The minimum absolute atomic E-state index is 0.0986. The Morgan fingerprint density at radius 1 is 1.04 bits per heavy atom. The van der Waals surface area contributed by atoms with Crippen LogP contribution in [0.4, 0.5) is 4.79 Å². The van der Waals surface area contributed by atoms with E-state index in [1.165, 1.54) is 7.11 Å². The van der Waals surface area contributed by atoms with E-state index in [1.54, 1.807) is 4.90 Å². The maximum absolute atomic E-state index is 12.9. The Hall–Kier alpha value is -1.30. The Morgan fingerprint density at radius 3 is 2.52 bits per heavy atom. The first kappa shape index (κ1) is 18.0. The van der Waals surface area contributed by atoms with Gasteiger partial charge in [-0.2, -0.15) is 0 Å². The molecule has 0 radical (unpaired) electrons. The lowest BCUT2D eigenvalue weighted by Gasteiger charge is -2.36. The molecule has 0 N–H and O–H groups in total. The first-order valence-corrected chi connectivity index (χ1v) is 8.88. The number of carbonyl (C=O) groups is 2. The van der Waals surface area contributed by atoms with Gasteiger partial charge in [-0.3, -0.25) is 9.69 Å². The molecule has 0 aliphatic carbocycles. The van der Waals surface area contributed by atoms with Crippen LogP contribution in [0.5, 0.6) is 0 Å². The number of piperidine rings is 1. The molecule has 6 heteroatoms. The van der Waals surface area contributed by atoms with Crippen molar-refractivity contribution >= 4 is 12.0 Å². The van der Waals surface area contributed by atoms with E-state index < -0.39 is 0 Å². The molecule has 6 nitrogen and oxygen atoms in total. The van der Waals surface area contributed by atoms with E-state index in [-0.39, 0.29) is 18.0 Å². The van der Waals surface area contributed by atoms with E-state index in [1.807, 2.05) is 4.90 Å². The Labute approximate surface area is 139 Å². The van der Waals surface area contributed by atoms with Crippen molar-refractivity contribution in [3.63, 3.8) is 0 Å². The summed E-state index contributed by atoms with van der Waals surface area (Å²) < 4.78 is 4.85. The van der Waals surface area contributed by atoms with Crippen LogP contribution in [-0.2, 0) is 9.53 Å². The van der Waals surface area contributed by atoms with Crippen molar-refractivity contribution in [1.29, 1.82) is 0 Å². The SMILES string of the molecule is COC(=O)N1CCCCC1C(=O)N1CCCN(CC(C)C)CC1. The van der Waals surface area contributed by atoms with E-state index in [4.69, 9.17) is 4.74 Å². The van der Waals surface area contributed by atoms with Crippen LogP contribution in [0.15, 0.2) is 0 Å². The van der Waals surface area contributed by atoms with Crippen LogP contribution in [0.3, 0.4) is 0 Å². The van der Waals surface area contributed by atoms with Crippen molar-refractivity contribution in [1.82, 2.24) is 14.7 Å². The molecule has 2 amide bonds. The van der Waals surface area contributed by atoms with Crippen LogP contribution >= 0.6 is 0 Å². The molecule has 2 fully saturated rings. The third kappa shape index (κ3) is 4.83. The summed E-state index contributed by atoms with van der Waals surface area (Å²) in [6, 6.07) is -0.340. The number of likely N-dealkylation sites (tertiary alicyclic amines) is 1. The Kier molecular flexibility index (Phi) is 6.69. The second-order valence-electron chi connectivity index (χ2n) is 7.05. The first-order chi connectivity index (χ1) is 11.0. The van der Waals surface area contributed by atoms with Crippen molar-refractivity contribution < 1.29 is 14.3 Å². The normalized spacial score (nSPS) is 23.7. The summed E-state index contributed by atoms with van der Waals surface area (Å²) in [5, 5.41) is 0. The van der Waals surface area contributed by atoms with Gasteiger partial charge in [0.25, 0.3) is 0 Å². The number of rotatable bonds is 3. The summed E-state index contributed by atoms with van der Waals surface area (Å²) in [7, 11) is 1.38. The van der Waals surface area contributed by atoms with Crippen molar-refractivity contribution in [2.45, 2.75) is 45.6 Å². The minimum atomic E-state index is -0.376. The van der Waals surface area contributed by atoms with E-state index >= 15 is 0 Å². The van der Waals surface area contributed by atoms with Gasteiger partial charge in [-0.1, -0.05) is 13.8 Å². The Morgan fingerprint density at radius 2 is 1.83 bits per heavy atom. The highest BCUT2D eigenvalue weighted by molar-refractivity contribution is 5.86. The average Bonchev–Trinajstić information content (AvgIpc) is 2.78. The highest BCUT2D eigenvalue weighted by Crippen LogP contribution is 2.20. The number of hydrogen-bond acceptors (Lipinski definition) is 4. The molecule has 132 valence electrons. The summed E-state index contributed by atoms with van der Waals surface area (Å²) in [6.07, 6.45) is 3.32. The maximum Gasteiger partial charge on any atom is 0.410 e. The lowest BCUT2D eigenvalue weighted by Crippen LogP contribution is -2.53. The minimum Gasteiger partial charge on any atom is -0.453 e. The molecule has 2 aliphatic rings. The molecule has 0 aromatic carbocycles. The summed E-state index contributed by atoms with van der Waals surface area (Å²) in [4.78, 5) is 30.9. The van der Waals surface area contributed by atoms with Crippen LogP contribution in [0.25, 0.3) is 0 Å². The summed E-state index contributed by atoms with van der Waals surface area (Å²) in [6.45, 7) is 9.68. The second kappa shape index (κ2) is 8.52. The fraction of sp³-hybridized carbons (Fsp3) is 0.882. The molecule has 2 aliphatic heterocycles.